The number of ether oxygens (including phenoxy) is 1. The van der Waals surface area contributed by atoms with Crippen molar-refractivity contribution in [1.82, 2.24) is 9.80 Å². The molecule has 0 radical (unpaired) electrons. The summed E-state index contributed by atoms with van der Waals surface area (Å²) in [5, 5.41) is 10.6. The molecular weight excluding hydrogens is 307 g/mol. The highest BCUT2D eigenvalue weighted by Crippen LogP contribution is 2.29. The van der Waals surface area contributed by atoms with Gasteiger partial charge in [0.2, 0.25) is 0 Å². The van der Waals surface area contributed by atoms with Crippen LogP contribution in [0, 0.1) is 5.82 Å². The minimum atomic E-state index is -0.421. The van der Waals surface area contributed by atoms with Crippen LogP contribution in [0.4, 0.5) is 4.39 Å². The van der Waals surface area contributed by atoms with Gasteiger partial charge in [0.1, 0.15) is 5.82 Å². The topological polar surface area (TPSA) is 35.9 Å². The number of aliphatic hydroxyl groups excluding tert-OH is 1. The molecule has 0 amide bonds. The van der Waals surface area contributed by atoms with Crippen LogP contribution in [0.15, 0.2) is 24.3 Å². The molecule has 0 spiro atoms. The summed E-state index contributed by atoms with van der Waals surface area (Å²) in [6, 6.07) is 7.42. The van der Waals surface area contributed by atoms with E-state index in [1.165, 1.54) is 6.07 Å². The van der Waals surface area contributed by atoms with Gasteiger partial charge in [0, 0.05) is 44.3 Å². The minimum absolute atomic E-state index is 0.159. The Hall–Kier alpha value is -1.01. The molecular formula is C19H29FN2O2. The first-order valence-corrected chi connectivity index (χ1v) is 9.04. The van der Waals surface area contributed by atoms with Gasteiger partial charge in [-0.1, -0.05) is 18.2 Å². The van der Waals surface area contributed by atoms with Crippen molar-refractivity contribution in [2.45, 2.75) is 57.6 Å². The van der Waals surface area contributed by atoms with Crippen molar-refractivity contribution in [3.63, 3.8) is 0 Å². The third-order valence-electron chi connectivity index (χ3n) is 4.80. The van der Waals surface area contributed by atoms with Crippen molar-refractivity contribution in [1.29, 1.82) is 0 Å². The maximum atomic E-state index is 13.9. The summed E-state index contributed by atoms with van der Waals surface area (Å²) in [5.74, 6) is -0.159. The molecule has 1 heterocycles. The van der Waals surface area contributed by atoms with Gasteiger partial charge in [-0.3, -0.25) is 9.80 Å². The van der Waals surface area contributed by atoms with E-state index in [2.05, 4.69) is 23.6 Å². The fourth-order valence-corrected chi connectivity index (χ4v) is 3.69. The maximum Gasteiger partial charge on any atom is 0.127 e. The lowest BCUT2D eigenvalue weighted by molar-refractivity contribution is -0.0782. The van der Waals surface area contributed by atoms with Crippen LogP contribution in [0.1, 0.15) is 32.3 Å². The lowest BCUT2D eigenvalue weighted by Gasteiger charge is -2.37. The molecule has 3 unspecified atom stereocenters. The third kappa shape index (κ3) is 4.99. The Bertz CT molecular complexity index is 528. The lowest BCUT2D eigenvalue weighted by atomic mass is 10.1. The van der Waals surface area contributed by atoms with E-state index in [1.54, 1.807) is 6.07 Å². The number of β-amino-alcohol motifs (C(OH)–C–C–N with tert-alkyl or cyclic N) is 1. The number of rotatable bonds is 7. The fraction of sp³-hybridized carbons (Fsp3) is 0.684. The zero-order valence-corrected chi connectivity index (χ0v) is 14.7. The standard InChI is InChI=1S/C19H29FN2O2/c1-14-9-21(10-15(2)24-14)12-18(23)13-22(17-7-8-17)11-16-5-3-4-6-19(16)20/h3-6,14-15,17-18,23H,7-13H2,1-2H3. The molecule has 3 rings (SSSR count). The smallest absolute Gasteiger partial charge is 0.127 e. The summed E-state index contributed by atoms with van der Waals surface area (Å²) in [6.45, 7) is 7.69. The quantitative estimate of drug-likeness (QED) is 0.829. The summed E-state index contributed by atoms with van der Waals surface area (Å²) in [5.41, 5.74) is 0.713. The van der Waals surface area contributed by atoms with E-state index < -0.39 is 6.10 Å². The molecule has 1 aromatic rings. The monoisotopic (exact) mass is 336 g/mol. The molecule has 1 aliphatic carbocycles. The van der Waals surface area contributed by atoms with Gasteiger partial charge in [0.15, 0.2) is 0 Å². The Morgan fingerprint density at radius 3 is 2.54 bits per heavy atom. The Labute approximate surface area is 144 Å². The molecule has 3 atom stereocenters. The average Bonchev–Trinajstić information content (AvgIpc) is 3.32. The number of halogens is 1. The average molecular weight is 336 g/mol. The maximum absolute atomic E-state index is 13.9. The number of hydrogen-bond donors (Lipinski definition) is 1. The zero-order chi connectivity index (χ0) is 17.1. The molecule has 1 N–H and O–H groups in total. The van der Waals surface area contributed by atoms with Crippen molar-refractivity contribution in [2.24, 2.45) is 0 Å². The Kier molecular flexibility index (Phi) is 5.87. The van der Waals surface area contributed by atoms with Gasteiger partial charge < -0.3 is 9.84 Å². The van der Waals surface area contributed by atoms with Crippen molar-refractivity contribution in [3.05, 3.63) is 35.6 Å². The van der Waals surface area contributed by atoms with Gasteiger partial charge in [-0.2, -0.15) is 0 Å². The van der Waals surface area contributed by atoms with Crippen molar-refractivity contribution >= 4 is 0 Å². The van der Waals surface area contributed by atoms with Crippen LogP contribution in [0.2, 0.25) is 0 Å². The molecule has 2 fully saturated rings. The first kappa shape index (κ1) is 17.8. The molecule has 0 aromatic heterocycles. The second-order valence-corrected chi connectivity index (χ2v) is 7.38. The van der Waals surface area contributed by atoms with E-state index in [-0.39, 0.29) is 18.0 Å². The number of aliphatic hydroxyl groups is 1. The predicted molar refractivity (Wildman–Crippen MR) is 92.3 cm³/mol. The summed E-state index contributed by atoms with van der Waals surface area (Å²) >= 11 is 0. The zero-order valence-electron chi connectivity index (χ0n) is 14.7. The van der Waals surface area contributed by atoms with Crippen LogP contribution in [0.3, 0.4) is 0 Å². The van der Waals surface area contributed by atoms with Gasteiger partial charge in [0.25, 0.3) is 0 Å². The number of hydrogen-bond acceptors (Lipinski definition) is 4. The molecule has 1 aliphatic heterocycles. The predicted octanol–water partition coefficient (Wildman–Crippen LogP) is 2.26. The molecule has 1 saturated carbocycles. The lowest BCUT2D eigenvalue weighted by Crippen LogP contribution is -2.49. The van der Waals surface area contributed by atoms with Crippen LogP contribution in [-0.4, -0.2) is 65.4 Å². The van der Waals surface area contributed by atoms with Crippen molar-refractivity contribution in [2.75, 3.05) is 26.2 Å². The Morgan fingerprint density at radius 2 is 1.92 bits per heavy atom. The third-order valence-corrected chi connectivity index (χ3v) is 4.80. The molecule has 2 aliphatic rings. The van der Waals surface area contributed by atoms with Gasteiger partial charge in [-0.05, 0) is 32.8 Å². The van der Waals surface area contributed by atoms with E-state index in [9.17, 15) is 9.50 Å². The molecule has 24 heavy (non-hydrogen) atoms. The first-order valence-electron chi connectivity index (χ1n) is 9.04. The Morgan fingerprint density at radius 1 is 1.25 bits per heavy atom. The summed E-state index contributed by atoms with van der Waals surface area (Å²) in [6.07, 6.45) is 2.28. The number of nitrogens with zero attached hydrogens (tertiary/aromatic N) is 2. The molecule has 134 valence electrons. The first-order chi connectivity index (χ1) is 11.5. The van der Waals surface area contributed by atoms with E-state index in [1.807, 2.05) is 12.1 Å². The summed E-state index contributed by atoms with van der Waals surface area (Å²) in [4.78, 5) is 4.51. The highest BCUT2D eigenvalue weighted by molar-refractivity contribution is 5.17. The summed E-state index contributed by atoms with van der Waals surface area (Å²) < 4.78 is 19.7. The largest absolute Gasteiger partial charge is 0.390 e. The Balaban J connectivity index is 1.54. The van der Waals surface area contributed by atoms with Crippen LogP contribution < -0.4 is 0 Å². The molecule has 1 aromatic carbocycles. The molecule has 0 bridgehead atoms. The molecule has 5 heteroatoms. The molecule has 1 saturated heterocycles. The van der Waals surface area contributed by atoms with Crippen molar-refractivity contribution < 1.29 is 14.2 Å². The van der Waals surface area contributed by atoms with Gasteiger partial charge in [-0.25, -0.2) is 4.39 Å². The normalized spacial score (nSPS) is 26.7. The van der Waals surface area contributed by atoms with E-state index in [0.29, 0.717) is 31.2 Å². The SMILES string of the molecule is CC1CN(CC(O)CN(Cc2ccccc2F)C2CC2)CC(C)O1. The van der Waals surface area contributed by atoms with Crippen LogP contribution in [0.5, 0.6) is 0 Å². The van der Waals surface area contributed by atoms with E-state index in [0.717, 1.165) is 25.9 Å². The second kappa shape index (κ2) is 7.91. The van der Waals surface area contributed by atoms with Crippen LogP contribution in [-0.2, 0) is 11.3 Å². The number of morpholine rings is 1. The van der Waals surface area contributed by atoms with Crippen LogP contribution in [0.25, 0.3) is 0 Å². The minimum Gasteiger partial charge on any atom is -0.390 e. The summed E-state index contributed by atoms with van der Waals surface area (Å²) in [7, 11) is 0. The van der Waals surface area contributed by atoms with Crippen LogP contribution >= 0.6 is 0 Å². The highest BCUT2D eigenvalue weighted by atomic mass is 19.1. The van der Waals surface area contributed by atoms with E-state index >= 15 is 0 Å². The fourth-order valence-electron chi connectivity index (χ4n) is 3.69. The second-order valence-electron chi connectivity index (χ2n) is 7.38. The molecule has 4 nitrogen and oxygen atoms in total. The van der Waals surface area contributed by atoms with Gasteiger partial charge in [-0.15, -0.1) is 0 Å². The highest BCUT2D eigenvalue weighted by Gasteiger charge is 2.32. The van der Waals surface area contributed by atoms with E-state index in [4.69, 9.17) is 4.74 Å². The van der Waals surface area contributed by atoms with Gasteiger partial charge in [0.05, 0.1) is 18.3 Å². The van der Waals surface area contributed by atoms with Crippen molar-refractivity contribution in [3.8, 4) is 0 Å². The number of benzene rings is 1. The van der Waals surface area contributed by atoms with Gasteiger partial charge >= 0.3 is 0 Å².